The first kappa shape index (κ1) is 27.7. The van der Waals surface area contributed by atoms with Crippen LogP contribution in [0.4, 0.5) is 0 Å². The summed E-state index contributed by atoms with van der Waals surface area (Å²) in [7, 11) is 0. The van der Waals surface area contributed by atoms with Crippen LogP contribution in [0.1, 0.15) is 16.8 Å². The van der Waals surface area contributed by atoms with E-state index in [-0.39, 0.29) is 0 Å². The summed E-state index contributed by atoms with van der Waals surface area (Å²) in [4.78, 5) is 14.2. The van der Waals surface area contributed by atoms with E-state index in [0.717, 1.165) is 78.8 Å². The Balaban J connectivity index is 1.11. The highest BCUT2D eigenvalue weighted by Gasteiger charge is 2.20. The van der Waals surface area contributed by atoms with Crippen molar-refractivity contribution in [2.75, 3.05) is 6.54 Å². The number of aliphatic imine (C=N–C) groups is 1. The number of allylic oxidation sites excluding steroid dienone is 2. The lowest BCUT2D eigenvalue weighted by Crippen LogP contribution is -2.01. The third-order valence-electron chi connectivity index (χ3n) is 9.80. The fourth-order valence-corrected chi connectivity index (χ4v) is 7.45. The molecule has 0 saturated heterocycles. The molecular weight excluding hydrogens is 599 g/mol. The maximum Gasteiger partial charge on any atom is 0.143 e. The van der Waals surface area contributed by atoms with Gasteiger partial charge in [0.2, 0.25) is 0 Å². The van der Waals surface area contributed by atoms with Crippen LogP contribution in [0.3, 0.4) is 0 Å². The Hall–Kier alpha value is -6.39. The highest BCUT2D eigenvalue weighted by Crippen LogP contribution is 2.44. The van der Waals surface area contributed by atoms with E-state index in [2.05, 4.69) is 131 Å². The zero-order valence-corrected chi connectivity index (χ0v) is 26.6. The normalized spacial score (nSPS) is 13.5. The average Bonchev–Trinajstić information content (AvgIpc) is 3.96. The SMILES string of the molecule is C1=CC(c2cc(-c3ccc(-c4cc5c6cccc(-c7cccc8c7C=CC8)c6oc5c5ccccc45)cc3)cc(-c3ccccn3)n2)=NC1. The minimum atomic E-state index is 0.686. The van der Waals surface area contributed by atoms with Crippen molar-refractivity contribution in [1.82, 2.24) is 9.97 Å². The maximum absolute atomic E-state index is 6.83. The van der Waals surface area contributed by atoms with Crippen molar-refractivity contribution in [3.8, 4) is 44.8 Å². The van der Waals surface area contributed by atoms with Gasteiger partial charge in [-0.3, -0.25) is 9.98 Å². The van der Waals surface area contributed by atoms with Gasteiger partial charge in [-0.05, 0) is 87.2 Å². The molecule has 0 bridgehead atoms. The van der Waals surface area contributed by atoms with Gasteiger partial charge in [-0.1, -0.05) is 109 Å². The van der Waals surface area contributed by atoms with E-state index in [1.54, 1.807) is 6.20 Å². The Morgan fingerprint density at radius 3 is 2.14 bits per heavy atom. The van der Waals surface area contributed by atoms with Crippen molar-refractivity contribution in [1.29, 1.82) is 0 Å². The number of nitrogens with zero attached hydrogens (tertiary/aromatic N) is 3. The summed E-state index contributed by atoms with van der Waals surface area (Å²) in [5.74, 6) is 0. The smallest absolute Gasteiger partial charge is 0.143 e. The fourth-order valence-electron chi connectivity index (χ4n) is 7.45. The number of rotatable bonds is 5. The van der Waals surface area contributed by atoms with Crippen molar-refractivity contribution in [2.45, 2.75) is 6.42 Å². The minimum Gasteiger partial charge on any atom is -0.455 e. The first-order valence-corrected chi connectivity index (χ1v) is 16.7. The van der Waals surface area contributed by atoms with E-state index >= 15 is 0 Å². The largest absolute Gasteiger partial charge is 0.455 e. The molecule has 4 nitrogen and oxygen atoms in total. The lowest BCUT2D eigenvalue weighted by atomic mass is 9.93. The number of hydrogen-bond acceptors (Lipinski definition) is 4. The molecule has 1 aliphatic heterocycles. The standard InChI is InChI=1S/C45H29N3O/c1-2-12-35-34(11-1)38(27-39-37-16-7-15-36(44(37)49-45(35)39)33-14-6-10-29-9-5-13-32(29)33)30-21-19-28(20-22-30)31-25-42(40-17-3-4-23-46-40)48-43(26-31)41-18-8-24-47-41/h1-8,10-23,25-27H,9,24H2. The number of furan rings is 1. The molecule has 0 amide bonds. The number of hydrogen-bond donors (Lipinski definition) is 0. The Morgan fingerprint density at radius 1 is 0.510 bits per heavy atom. The second kappa shape index (κ2) is 11.1. The van der Waals surface area contributed by atoms with Crippen LogP contribution in [0.25, 0.3) is 83.6 Å². The number of para-hydroxylation sites is 1. The van der Waals surface area contributed by atoms with Crippen LogP contribution < -0.4 is 0 Å². The second-order valence-electron chi connectivity index (χ2n) is 12.7. The van der Waals surface area contributed by atoms with Crippen LogP contribution >= 0.6 is 0 Å². The Kier molecular flexibility index (Phi) is 6.28. The molecule has 8 aromatic rings. The molecule has 0 saturated carbocycles. The van der Waals surface area contributed by atoms with Crippen LogP contribution in [-0.4, -0.2) is 22.2 Å². The Labute approximate surface area is 283 Å². The van der Waals surface area contributed by atoms with Gasteiger partial charge in [-0.2, -0.15) is 0 Å². The van der Waals surface area contributed by atoms with E-state index in [0.29, 0.717) is 6.54 Å². The van der Waals surface area contributed by atoms with Crippen LogP contribution in [0, 0.1) is 0 Å². The number of pyridine rings is 2. The molecule has 0 N–H and O–H groups in total. The van der Waals surface area contributed by atoms with Gasteiger partial charge in [0.1, 0.15) is 11.2 Å². The number of fused-ring (bicyclic) bond motifs is 6. The molecule has 4 heterocycles. The summed E-state index contributed by atoms with van der Waals surface area (Å²) in [5, 5.41) is 4.54. The molecule has 49 heavy (non-hydrogen) atoms. The summed E-state index contributed by atoms with van der Waals surface area (Å²) in [5.41, 5.74) is 14.8. The highest BCUT2D eigenvalue weighted by molar-refractivity contribution is 6.21. The van der Waals surface area contributed by atoms with Crippen molar-refractivity contribution in [2.24, 2.45) is 4.99 Å². The van der Waals surface area contributed by atoms with E-state index < -0.39 is 0 Å². The molecule has 0 radical (unpaired) electrons. The van der Waals surface area contributed by atoms with Gasteiger partial charge >= 0.3 is 0 Å². The highest BCUT2D eigenvalue weighted by atomic mass is 16.3. The van der Waals surface area contributed by atoms with E-state index in [9.17, 15) is 0 Å². The molecule has 0 unspecified atom stereocenters. The quantitative estimate of drug-likeness (QED) is 0.191. The van der Waals surface area contributed by atoms with Crippen molar-refractivity contribution >= 4 is 44.5 Å². The van der Waals surface area contributed by atoms with Crippen LogP contribution in [0.15, 0.2) is 155 Å². The number of aromatic nitrogens is 2. The van der Waals surface area contributed by atoms with Crippen LogP contribution in [0.5, 0.6) is 0 Å². The van der Waals surface area contributed by atoms with E-state index in [1.807, 2.05) is 24.3 Å². The Bertz CT molecular complexity index is 2700. The zero-order chi connectivity index (χ0) is 32.3. The summed E-state index contributed by atoms with van der Waals surface area (Å²) in [6.07, 6.45) is 11.4. The van der Waals surface area contributed by atoms with Crippen LogP contribution in [-0.2, 0) is 6.42 Å². The predicted molar refractivity (Wildman–Crippen MR) is 202 cm³/mol. The fraction of sp³-hybridized carbons (Fsp3) is 0.0444. The van der Waals surface area contributed by atoms with E-state index in [4.69, 9.17) is 9.40 Å². The lowest BCUT2D eigenvalue weighted by Gasteiger charge is -2.11. The van der Waals surface area contributed by atoms with Gasteiger partial charge in [-0.15, -0.1) is 0 Å². The molecule has 0 atom stereocenters. The maximum atomic E-state index is 6.83. The van der Waals surface area contributed by atoms with Gasteiger partial charge in [-0.25, -0.2) is 4.98 Å². The molecule has 4 heteroatoms. The van der Waals surface area contributed by atoms with Gasteiger partial charge in [0.25, 0.3) is 0 Å². The molecular formula is C45H29N3O. The van der Waals surface area contributed by atoms with Crippen molar-refractivity contribution < 1.29 is 4.42 Å². The molecule has 5 aromatic carbocycles. The van der Waals surface area contributed by atoms with Gasteiger partial charge in [0, 0.05) is 27.9 Å². The molecule has 230 valence electrons. The molecule has 2 aliphatic rings. The number of benzene rings is 5. The average molecular weight is 628 g/mol. The molecule has 3 aromatic heterocycles. The molecule has 0 fully saturated rings. The molecule has 0 spiro atoms. The summed E-state index contributed by atoms with van der Waals surface area (Å²) in [6, 6.07) is 43.1. The predicted octanol–water partition coefficient (Wildman–Crippen LogP) is 11.1. The Morgan fingerprint density at radius 2 is 1.29 bits per heavy atom. The summed E-state index contributed by atoms with van der Waals surface area (Å²) in [6.45, 7) is 0.686. The second-order valence-corrected chi connectivity index (χ2v) is 12.7. The van der Waals surface area contributed by atoms with E-state index in [1.165, 1.54) is 27.6 Å². The first-order chi connectivity index (χ1) is 24.3. The zero-order valence-electron chi connectivity index (χ0n) is 26.6. The molecule has 10 rings (SSSR count). The van der Waals surface area contributed by atoms with Crippen molar-refractivity contribution in [3.05, 3.63) is 163 Å². The third-order valence-corrected chi connectivity index (χ3v) is 9.80. The van der Waals surface area contributed by atoms with Gasteiger partial charge in [0.15, 0.2) is 0 Å². The third kappa shape index (κ3) is 4.56. The van der Waals surface area contributed by atoms with Gasteiger partial charge < -0.3 is 4.42 Å². The minimum absolute atomic E-state index is 0.686. The summed E-state index contributed by atoms with van der Waals surface area (Å²) < 4.78 is 6.83. The van der Waals surface area contributed by atoms with Gasteiger partial charge in [0.05, 0.1) is 29.3 Å². The summed E-state index contributed by atoms with van der Waals surface area (Å²) >= 11 is 0. The monoisotopic (exact) mass is 627 g/mol. The van der Waals surface area contributed by atoms with Crippen molar-refractivity contribution in [3.63, 3.8) is 0 Å². The van der Waals surface area contributed by atoms with Crippen LogP contribution in [0.2, 0.25) is 0 Å². The lowest BCUT2D eigenvalue weighted by molar-refractivity contribution is 0.674. The first-order valence-electron chi connectivity index (χ1n) is 16.7. The molecule has 1 aliphatic carbocycles. The topological polar surface area (TPSA) is 51.3 Å².